The number of rotatable bonds is 4. The average Bonchev–Trinajstić information content (AvgIpc) is 2.26. The molecule has 1 rings (SSSR count). The molecule has 0 aromatic heterocycles. The van der Waals surface area contributed by atoms with E-state index in [1.165, 1.54) is 13.0 Å². The Bertz CT molecular complexity index is 429. The van der Waals surface area contributed by atoms with Crippen molar-refractivity contribution >= 4 is 11.9 Å². The van der Waals surface area contributed by atoms with Crippen molar-refractivity contribution in [2.24, 2.45) is 0 Å². The summed E-state index contributed by atoms with van der Waals surface area (Å²) >= 11 is 0. The molecule has 0 saturated heterocycles. The molecule has 1 aromatic carbocycles. The molecule has 0 aliphatic carbocycles. The van der Waals surface area contributed by atoms with E-state index in [0.29, 0.717) is 5.56 Å². The smallest absolute Gasteiger partial charge is 0.338 e. The lowest BCUT2D eigenvalue weighted by Gasteiger charge is -2.08. The minimum absolute atomic E-state index is 0.152. The van der Waals surface area contributed by atoms with Crippen LogP contribution in [0.25, 0.3) is 0 Å². The molecule has 0 atom stereocenters. The van der Waals surface area contributed by atoms with Gasteiger partial charge in [0.25, 0.3) is 0 Å². The normalized spacial score (nSPS) is 9.82. The largest absolute Gasteiger partial charge is 0.462 e. The van der Waals surface area contributed by atoms with Crippen LogP contribution in [-0.4, -0.2) is 18.5 Å². The van der Waals surface area contributed by atoms with Crippen molar-refractivity contribution in [3.63, 3.8) is 0 Å². The molecule has 1 aromatic rings. The Morgan fingerprint density at radius 2 is 2.00 bits per heavy atom. The van der Waals surface area contributed by atoms with Gasteiger partial charge in [-0.2, -0.15) is 0 Å². The molecule has 0 aliphatic rings. The van der Waals surface area contributed by atoms with E-state index in [-0.39, 0.29) is 18.8 Å². The molecule has 0 spiro atoms. The van der Waals surface area contributed by atoms with Gasteiger partial charge in [0.05, 0.1) is 12.2 Å². The summed E-state index contributed by atoms with van der Waals surface area (Å²) in [5, 5.41) is 0. The van der Waals surface area contributed by atoms with Gasteiger partial charge in [-0.1, -0.05) is 0 Å². The Labute approximate surface area is 98.3 Å². The molecule has 0 aliphatic heterocycles. The van der Waals surface area contributed by atoms with E-state index >= 15 is 0 Å². The number of ether oxygens (including phenoxy) is 2. The Morgan fingerprint density at radius 1 is 1.29 bits per heavy atom. The molecule has 0 amide bonds. The number of hydrogen-bond acceptors (Lipinski definition) is 4. The average molecular weight is 240 g/mol. The molecule has 92 valence electrons. The van der Waals surface area contributed by atoms with Gasteiger partial charge in [-0.25, -0.2) is 9.18 Å². The summed E-state index contributed by atoms with van der Waals surface area (Å²) in [7, 11) is 0. The minimum atomic E-state index is -0.561. The van der Waals surface area contributed by atoms with Gasteiger partial charge in [-0.3, -0.25) is 4.79 Å². The lowest BCUT2D eigenvalue weighted by atomic mass is 10.1. The summed E-state index contributed by atoms with van der Waals surface area (Å²) in [4.78, 5) is 22.2. The zero-order valence-electron chi connectivity index (χ0n) is 9.66. The molecule has 0 heterocycles. The van der Waals surface area contributed by atoms with Gasteiger partial charge < -0.3 is 9.47 Å². The van der Waals surface area contributed by atoms with Gasteiger partial charge in [-0.05, 0) is 25.1 Å². The van der Waals surface area contributed by atoms with Gasteiger partial charge in [0, 0.05) is 12.5 Å². The number of esters is 2. The zero-order valence-corrected chi connectivity index (χ0v) is 9.66. The molecule has 0 bridgehead atoms. The van der Waals surface area contributed by atoms with Gasteiger partial charge in [0.15, 0.2) is 0 Å². The second-order valence-corrected chi connectivity index (χ2v) is 3.30. The van der Waals surface area contributed by atoms with Gasteiger partial charge in [0.1, 0.15) is 12.4 Å². The van der Waals surface area contributed by atoms with Crippen molar-refractivity contribution in [3.05, 3.63) is 35.1 Å². The number of carbonyl (C=O) groups is 2. The van der Waals surface area contributed by atoms with E-state index in [1.54, 1.807) is 6.92 Å². The molecular weight excluding hydrogens is 227 g/mol. The first-order valence-corrected chi connectivity index (χ1v) is 5.13. The molecular formula is C12H13FO4. The third-order valence-corrected chi connectivity index (χ3v) is 1.99. The van der Waals surface area contributed by atoms with Crippen LogP contribution in [0.1, 0.15) is 29.8 Å². The van der Waals surface area contributed by atoms with Crippen LogP contribution >= 0.6 is 0 Å². The van der Waals surface area contributed by atoms with Crippen LogP contribution in [0.4, 0.5) is 4.39 Å². The molecule has 17 heavy (non-hydrogen) atoms. The predicted octanol–water partition coefficient (Wildman–Crippen LogP) is 2.07. The molecule has 4 nitrogen and oxygen atoms in total. The molecule has 0 N–H and O–H groups in total. The van der Waals surface area contributed by atoms with Crippen molar-refractivity contribution in [2.45, 2.75) is 20.5 Å². The fraction of sp³-hybridized carbons (Fsp3) is 0.333. The van der Waals surface area contributed by atoms with Crippen molar-refractivity contribution in [1.29, 1.82) is 0 Å². The molecule has 0 fully saturated rings. The Hall–Kier alpha value is -1.91. The highest BCUT2D eigenvalue weighted by Crippen LogP contribution is 2.14. The van der Waals surface area contributed by atoms with Crippen LogP contribution in [-0.2, 0) is 20.9 Å². The summed E-state index contributed by atoms with van der Waals surface area (Å²) in [6.45, 7) is 2.99. The first-order chi connectivity index (χ1) is 8.04. The maximum Gasteiger partial charge on any atom is 0.338 e. The standard InChI is InChI=1S/C12H13FO4/c1-3-16-12(15)11-5-4-10(13)6-9(11)7-17-8(2)14/h4-6H,3,7H2,1-2H3. The highest BCUT2D eigenvalue weighted by atomic mass is 19.1. The first-order valence-electron chi connectivity index (χ1n) is 5.13. The minimum Gasteiger partial charge on any atom is -0.462 e. The van der Waals surface area contributed by atoms with E-state index in [2.05, 4.69) is 0 Å². The lowest BCUT2D eigenvalue weighted by molar-refractivity contribution is -0.142. The first kappa shape index (κ1) is 13.2. The van der Waals surface area contributed by atoms with Gasteiger partial charge in [-0.15, -0.1) is 0 Å². The summed E-state index contributed by atoms with van der Waals surface area (Å²) in [6.07, 6.45) is 0. The zero-order chi connectivity index (χ0) is 12.8. The second kappa shape index (κ2) is 5.98. The maximum absolute atomic E-state index is 13.0. The van der Waals surface area contributed by atoms with Crippen LogP contribution in [0.5, 0.6) is 0 Å². The van der Waals surface area contributed by atoms with Crippen molar-refractivity contribution in [3.8, 4) is 0 Å². The number of carbonyl (C=O) groups excluding carboxylic acids is 2. The fourth-order valence-corrected chi connectivity index (χ4v) is 1.27. The summed E-state index contributed by atoms with van der Waals surface area (Å²) < 4.78 is 22.6. The molecule has 0 radical (unpaired) electrons. The van der Waals surface area contributed by atoms with E-state index in [1.807, 2.05) is 0 Å². The lowest BCUT2D eigenvalue weighted by Crippen LogP contribution is -2.10. The van der Waals surface area contributed by atoms with Crippen molar-refractivity contribution < 1.29 is 23.5 Å². The quantitative estimate of drug-likeness (QED) is 0.756. The Morgan fingerprint density at radius 3 is 2.59 bits per heavy atom. The Balaban J connectivity index is 2.94. The predicted molar refractivity (Wildman–Crippen MR) is 57.8 cm³/mol. The highest BCUT2D eigenvalue weighted by Gasteiger charge is 2.14. The summed E-state index contributed by atoms with van der Waals surface area (Å²) in [6, 6.07) is 3.62. The van der Waals surface area contributed by atoms with Crippen molar-refractivity contribution in [1.82, 2.24) is 0 Å². The van der Waals surface area contributed by atoms with Crippen molar-refractivity contribution in [2.75, 3.05) is 6.61 Å². The topological polar surface area (TPSA) is 52.6 Å². The van der Waals surface area contributed by atoms with E-state index < -0.39 is 17.8 Å². The highest BCUT2D eigenvalue weighted by molar-refractivity contribution is 5.91. The third kappa shape index (κ3) is 3.86. The van der Waals surface area contributed by atoms with E-state index in [9.17, 15) is 14.0 Å². The Kier molecular flexibility index (Phi) is 4.63. The number of hydrogen-bond donors (Lipinski definition) is 0. The summed E-state index contributed by atoms with van der Waals surface area (Å²) in [5.74, 6) is -1.56. The molecule has 0 unspecified atom stereocenters. The monoisotopic (exact) mass is 240 g/mol. The second-order valence-electron chi connectivity index (χ2n) is 3.30. The number of benzene rings is 1. The third-order valence-electron chi connectivity index (χ3n) is 1.99. The van der Waals surface area contributed by atoms with E-state index in [0.717, 1.165) is 12.1 Å². The van der Waals surface area contributed by atoms with Crippen LogP contribution < -0.4 is 0 Å². The molecule has 0 saturated carbocycles. The van der Waals surface area contributed by atoms with E-state index in [4.69, 9.17) is 9.47 Å². The SMILES string of the molecule is CCOC(=O)c1ccc(F)cc1COC(C)=O. The van der Waals surface area contributed by atoms with Gasteiger partial charge in [0.2, 0.25) is 0 Å². The van der Waals surface area contributed by atoms with Gasteiger partial charge >= 0.3 is 11.9 Å². The van der Waals surface area contributed by atoms with Crippen LogP contribution in [0.3, 0.4) is 0 Å². The van der Waals surface area contributed by atoms with Crippen LogP contribution in [0, 0.1) is 5.82 Å². The fourth-order valence-electron chi connectivity index (χ4n) is 1.27. The molecule has 5 heteroatoms. The van der Waals surface area contributed by atoms with Crippen LogP contribution in [0.2, 0.25) is 0 Å². The maximum atomic E-state index is 13.0. The summed E-state index contributed by atoms with van der Waals surface area (Å²) in [5.41, 5.74) is 0.494. The van der Waals surface area contributed by atoms with Crippen LogP contribution in [0.15, 0.2) is 18.2 Å². The number of halogens is 1.